The molecule has 0 aromatic heterocycles. The van der Waals surface area contributed by atoms with E-state index in [1.54, 1.807) is 21.9 Å². The van der Waals surface area contributed by atoms with Crippen molar-refractivity contribution in [3.05, 3.63) is 59.2 Å². The van der Waals surface area contributed by atoms with Gasteiger partial charge in [0.15, 0.2) is 0 Å². The van der Waals surface area contributed by atoms with Gasteiger partial charge in [0.1, 0.15) is 0 Å². The Morgan fingerprint density at radius 2 is 1.85 bits per heavy atom. The van der Waals surface area contributed by atoms with Gasteiger partial charge in [0.25, 0.3) is 0 Å². The quantitative estimate of drug-likeness (QED) is 0.763. The summed E-state index contributed by atoms with van der Waals surface area (Å²) < 4.78 is 4.65. The molecule has 2 amide bonds. The van der Waals surface area contributed by atoms with E-state index in [2.05, 4.69) is 10.8 Å². The molecule has 1 fully saturated rings. The zero-order valence-corrected chi connectivity index (χ0v) is 15.4. The summed E-state index contributed by atoms with van der Waals surface area (Å²) in [4.78, 5) is 27.6. The van der Waals surface area contributed by atoms with Gasteiger partial charge in [-0.25, -0.2) is 4.79 Å². The Labute approximate surface area is 158 Å². The fourth-order valence-electron chi connectivity index (χ4n) is 3.22. The van der Waals surface area contributed by atoms with E-state index in [4.69, 9.17) is 5.26 Å². The van der Waals surface area contributed by atoms with Crippen molar-refractivity contribution in [2.45, 2.75) is 19.8 Å². The SMILES string of the molecule is COC(=O)CCc1ccc(N2CCN(c3ccc(C#N)cc3C)C2=O)cc1. The second-order valence-corrected chi connectivity index (χ2v) is 6.44. The Morgan fingerprint density at radius 3 is 2.48 bits per heavy atom. The Hall–Kier alpha value is -3.33. The molecule has 1 saturated heterocycles. The van der Waals surface area contributed by atoms with Gasteiger partial charge >= 0.3 is 12.0 Å². The second kappa shape index (κ2) is 7.92. The summed E-state index contributed by atoms with van der Waals surface area (Å²) in [6.07, 6.45) is 0.946. The Bertz CT molecular complexity index is 900. The zero-order chi connectivity index (χ0) is 19.4. The average molecular weight is 363 g/mol. The van der Waals surface area contributed by atoms with Crippen LogP contribution in [0.3, 0.4) is 0 Å². The fraction of sp³-hybridized carbons (Fsp3) is 0.286. The van der Waals surface area contributed by atoms with Crippen molar-refractivity contribution >= 4 is 23.4 Å². The number of esters is 1. The molecule has 0 atom stereocenters. The predicted octanol–water partition coefficient (Wildman–Crippen LogP) is 3.42. The van der Waals surface area contributed by atoms with Crippen LogP contribution < -0.4 is 9.80 Å². The lowest BCUT2D eigenvalue weighted by Gasteiger charge is -2.20. The smallest absolute Gasteiger partial charge is 0.329 e. The molecule has 1 aliphatic heterocycles. The molecule has 2 aromatic rings. The minimum atomic E-state index is -0.234. The summed E-state index contributed by atoms with van der Waals surface area (Å²) in [5, 5.41) is 9.00. The first-order chi connectivity index (χ1) is 13.0. The first kappa shape index (κ1) is 18.5. The van der Waals surface area contributed by atoms with E-state index in [0.717, 1.165) is 22.5 Å². The van der Waals surface area contributed by atoms with Crippen LogP contribution in [0, 0.1) is 18.3 Å². The van der Waals surface area contributed by atoms with Gasteiger partial charge in [0.2, 0.25) is 0 Å². The minimum Gasteiger partial charge on any atom is -0.469 e. The number of carbonyl (C=O) groups excluding carboxylic acids is 2. The molecule has 27 heavy (non-hydrogen) atoms. The molecule has 0 saturated carbocycles. The predicted molar refractivity (Wildman–Crippen MR) is 103 cm³/mol. The summed E-state index contributed by atoms with van der Waals surface area (Å²) in [5.74, 6) is -0.234. The number of nitriles is 1. The van der Waals surface area contributed by atoms with Crippen LogP contribution in [0.4, 0.5) is 16.2 Å². The molecule has 2 aromatic carbocycles. The zero-order valence-electron chi connectivity index (χ0n) is 15.4. The molecule has 1 heterocycles. The number of hydrogen-bond donors (Lipinski definition) is 0. The molecule has 0 bridgehead atoms. The third-order valence-corrected chi connectivity index (χ3v) is 4.72. The second-order valence-electron chi connectivity index (χ2n) is 6.44. The number of urea groups is 1. The first-order valence-electron chi connectivity index (χ1n) is 8.79. The maximum Gasteiger partial charge on any atom is 0.329 e. The molecule has 0 radical (unpaired) electrons. The number of ether oxygens (including phenoxy) is 1. The summed E-state index contributed by atoms with van der Waals surface area (Å²) in [7, 11) is 1.38. The van der Waals surface area contributed by atoms with E-state index in [1.807, 2.05) is 37.3 Å². The molecular formula is C21H21N3O3. The third kappa shape index (κ3) is 3.93. The van der Waals surface area contributed by atoms with Gasteiger partial charge < -0.3 is 4.74 Å². The van der Waals surface area contributed by atoms with Crippen LogP contribution in [0.5, 0.6) is 0 Å². The monoisotopic (exact) mass is 363 g/mol. The number of anilines is 2. The standard InChI is InChI=1S/C21H21N3O3/c1-15-13-17(14-22)5-9-19(15)24-12-11-23(21(24)26)18-7-3-16(4-8-18)6-10-20(25)27-2/h3-5,7-9,13H,6,10-12H2,1-2H3. The number of hydrogen-bond acceptors (Lipinski definition) is 4. The maximum atomic E-state index is 12.9. The fourth-order valence-corrected chi connectivity index (χ4v) is 3.22. The van der Waals surface area contributed by atoms with Crippen molar-refractivity contribution in [3.8, 4) is 6.07 Å². The molecule has 6 nitrogen and oxygen atoms in total. The van der Waals surface area contributed by atoms with Crippen LogP contribution in [-0.2, 0) is 16.0 Å². The number of methoxy groups -OCH3 is 1. The van der Waals surface area contributed by atoms with E-state index >= 15 is 0 Å². The largest absolute Gasteiger partial charge is 0.469 e. The highest BCUT2D eigenvalue weighted by atomic mass is 16.5. The third-order valence-electron chi connectivity index (χ3n) is 4.72. The molecule has 138 valence electrons. The lowest BCUT2D eigenvalue weighted by atomic mass is 10.1. The van der Waals surface area contributed by atoms with Crippen molar-refractivity contribution in [2.75, 3.05) is 30.0 Å². The van der Waals surface area contributed by atoms with Crippen molar-refractivity contribution in [3.63, 3.8) is 0 Å². The number of benzene rings is 2. The van der Waals surface area contributed by atoms with Gasteiger partial charge in [-0.1, -0.05) is 12.1 Å². The van der Waals surface area contributed by atoms with Gasteiger partial charge in [-0.05, 0) is 54.8 Å². The lowest BCUT2D eigenvalue weighted by molar-refractivity contribution is -0.140. The molecule has 3 rings (SSSR count). The molecular weight excluding hydrogens is 342 g/mol. The van der Waals surface area contributed by atoms with Crippen LogP contribution in [0.15, 0.2) is 42.5 Å². The Kier molecular flexibility index (Phi) is 5.41. The number of rotatable bonds is 5. The van der Waals surface area contributed by atoms with E-state index in [0.29, 0.717) is 31.5 Å². The lowest BCUT2D eigenvalue weighted by Crippen LogP contribution is -2.32. The molecule has 1 aliphatic rings. The van der Waals surface area contributed by atoms with E-state index in [9.17, 15) is 9.59 Å². The van der Waals surface area contributed by atoms with Gasteiger partial charge in [0, 0.05) is 30.9 Å². The van der Waals surface area contributed by atoms with Crippen LogP contribution in [0.25, 0.3) is 0 Å². The van der Waals surface area contributed by atoms with Crippen LogP contribution >= 0.6 is 0 Å². The Balaban J connectivity index is 1.71. The number of amides is 2. The number of aryl methyl sites for hydroxylation is 2. The summed E-state index contributed by atoms with van der Waals surface area (Å²) in [6.45, 7) is 3.09. The number of carbonyl (C=O) groups is 2. The van der Waals surface area contributed by atoms with Crippen molar-refractivity contribution in [2.24, 2.45) is 0 Å². The highest BCUT2D eigenvalue weighted by molar-refractivity contribution is 6.06. The first-order valence-corrected chi connectivity index (χ1v) is 8.79. The van der Waals surface area contributed by atoms with Crippen molar-refractivity contribution in [1.82, 2.24) is 0 Å². The van der Waals surface area contributed by atoms with Crippen LogP contribution in [-0.4, -0.2) is 32.2 Å². The van der Waals surface area contributed by atoms with E-state index in [1.165, 1.54) is 7.11 Å². The normalized spacial score (nSPS) is 13.6. The van der Waals surface area contributed by atoms with Gasteiger partial charge in [-0.15, -0.1) is 0 Å². The molecule has 0 N–H and O–H groups in total. The summed E-state index contributed by atoms with van der Waals surface area (Å²) in [5.41, 5.74) is 4.17. The highest BCUT2D eigenvalue weighted by Gasteiger charge is 2.31. The van der Waals surface area contributed by atoms with Crippen molar-refractivity contribution < 1.29 is 14.3 Å². The van der Waals surface area contributed by atoms with Crippen LogP contribution in [0.2, 0.25) is 0 Å². The highest BCUT2D eigenvalue weighted by Crippen LogP contribution is 2.28. The van der Waals surface area contributed by atoms with Gasteiger partial charge in [-0.3, -0.25) is 14.6 Å². The average Bonchev–Trinajstić information content (AvgIpc) is 3.07. The number of nitrogens with zero attached hydrogens (tertiary/aromatic N) is 3. The summed E-state index contributed by atoms with van der Waals surface area (Å²) in [6, 6.07) is 15.1. The summed E-state index contributed by atoms with van der Waals surface area (Å²) >= 11 is 0. The van der Waals surface area contributed by atoms with E-state index in [-0.39, 0.29) is 12.0 Å². The molecule has 0 spiro atoms. The molecule has 0 unspecified atom stereocenters. The molecule has 0 aliphatic carbocycles. The topological polar surface area (TPSA) is 73.6 Å². The minimum absolute atomic E-state index is 0.0786. The van der Waals surface area contributed by atoms with E-state index < -0.39 is 0 Å². The Morgan fingerprint density at radius 1 is 1.15 bits per heavy atom. The van der Waals surface area contributed by atoms with Crippen LogP contribution in [0.1, 0.15) is 23.1 Å². The van der Waals surface area contributed by atoms with Crippen molar-refractivity contribution in [1.29, 1.82) is 5.26 Å². The van der Waals surface area contributed by atoms with Gasteiger partial charge in [-0.2, -0.15) is 5.26 Å². The molecule has 6 heteroatoms. The maximum absolute atomic E-state index is 12.9. The van der Waals surface area contributed by atoms with Gasteiger partial charge in [0.05, 0.1) is 18.7 Å².